The predicted molar refractivity (Wildman–Crippen MR) is 62.9 cm³/mol. The van der Waals surface area contributed by atoms with Crippen molar-refractivity contribution in [2.45, 2.75) is 12.2 Å². The summed E-state index contributed by atoms with van der Waals surface area (Å²) in [7, 11) is 3.00. The van der Waals surface area contributed by atoms with Crippen molar-refractivity contribution in [2.24, 2.45) is 0 Å². The van der Waals surface area contributed by atoms with Crippen molar-refractivity contribution in [3.63, 3.8) is 0 Å². The van der Waals surface area contributed by atoms with Gasteiger partial charge in [0.15, 0.2) is 6.10 Å². The highest BCUT2D eigenvalue weighted by molar-refractivity contribution is 5.85. The van der Waals surface area contributed by atoms with Gasteiger partial charge in [-0.15, -0.1) is 0 Å². The molecule has 1 aromatic rings. The molecule has 0 fully saturated rings. The summed E-state index contributed by atoms with van der Waals surface area (Å²) < 4.78 is 15.0. The van der Waals surface area contributed by atoms with Crippen LogP contribution in [0.4, 0.5) is 0 Å². The molecule has 96 valence electrons. The van der Waals surface area contributed by atoms with Crippen molar-refractivity contribution in [3.05, 3.63) is 41.7 Å². The molecule has 1 aromatic carbocycles. The van der Waals surface area contributed by atoms with E-state index in [1.807, 2.05) is 0 Å². The number of benzene rings is 1. The quantitative estimate of drug-likeness (QED) is 0.813. The molecule has 0 amide bonds. The molecule has 1 N–H and O–H groups in total. The normalized spacial score (nSPS) is 20.1. The molecule has 1 aliphatic rings. The summed E-state index contributed by atoms with van der Waals surface area (Å²) in [6, 6.07) is 6.88. The van der Waals surface area contributed by atoms with E-state index in [9.17, 15) is 9.90 Å². The summed E-state index contributed by atoms with van der Waals surface area (Å²) in [6.45, 7) is 0. The highest BCUT2D eigenvalue weighted by Crippen LogP contribution is 2.29. The molecule has 0 saturated carbocycles. The molecular weight excluding hydrogens is 236 g/mol. The van der Waals surface area contributed by atoms with Crippen molar-refractivity contribution in [1.82, 2.24) is 0 Å². The van der Waals surface area contributed by atoms with Gasteiger partial charge in [-0.25, -0.2) is 4.79 Å². The van der Waals surface area contributed by atoms with Gasteiger partial charge in [0.1, 0.15) is 17.6 Å². The van der Waals surface area contributed by atoms with Crippen LogP contribution in [-0.4, -0.2) is 31.4 Å². The Morgan fingerprint density at radius 3 is 2.44 bits per heavy atom. The average Bonchev–Trinajstić information content (AvgIpc) is 2.79. The minimum absolute atomic E-state index is 0.323. The van der Waals surface area contributed by atoms with E-state index in [1.165, 1.54) is 13.2 Å². The van der Waals surface area contributed by atoms with Crippen LogP contribution in [0.3, 0.4) is 0 Å². The lowest BCUT2D eigenvalue weighted by atomic mass is 10.0. The minimum atomic E-state index is -0.964. The lowest BCUT2D eigenvalue weighted by molar-refractivity contribution is -0.144. The number of carbonyl (C=O) groups is 1. The van der Waals surface area contributed by atoms with Crippen LogP contribution in [0.2, 0.25) is 0 Å². The first-order valence-corrected chi connectivity index (χ1v) is 5.44. The number of rotatable bonds is 4. The van der Waals surface area contributed by atoms with E-state index in [1.54, 1.807) is 31.4 Å². The maximum atomic E-state index is 11.1. The molecule has 2 unspecified atom stereocenters. The molecule has 1 heterocycles. The molecule has 18 heavy (non-hydrogen) atoms. The van der Waals surface area contributed by atoms with Gasteiger partial charge in [0.2, 0.25) is 0 Å². The topological polar surface area (TPSA) is 65.0 Å². The van der Waals surface area contributed by atoms with Gasteiger partial charge >= 0.3 is 5.97 Å². The van der Waals surface area contributed by atoms with Gasteiger partial charge < -0.3 is 19.3 Å². The van der Waals surface area contributed by atoms with Crippen molar-refractivity contribution < 1.29 is 24.1 Å². The van der Waals surface area contributed by atoms with Gasteiger partial charge in [-0.1, -0.05) is 12.1 Å². The van der Waals surface area contributed by atoms with Gasteiger partial charge in [0.05, 0.1) is 20.3 Å². The zero-order valence-electron chi connectivity index (χ0n) is 10.1. The minimum Gasteiger partial charge on any atom is -0.497 e. The zero-order chi connectivity index (χ0) is 13.1. The highest BCUT2D eigenvalue weighted by atomic mass is 16.6. The first-order chi connectivity index (χ1) is 8.65. The maximum Gasteiger partial charge on any atom is 0.335 e. The van der Waals surface area contributed by atoms with E-state index < -0.39 is 18.2 Å². The number of esters is 1. The van der Waals surface area contributed by atoms with Gasteiger partial charge in [0, 0.05) is 0 Å². The maximum absolute atomic E-state index is 11.1. The van der Waals surface area contributed by atoms with Crippen LogP contribution >= 0.6 is 0 Å². The van der Waals surface area contributed by atoms with Gasteiger partial charge in [0.25, 0.3) is 0 Å². The zero-order valence-corrected chi connectivity index (χ0v) is 10.1. The fourth-order valence-electron chi connectivity index (χ4n) is 1.79. The van der Waals surface area contributed by atoms with Gasteiger partial charge in [-0.05, 0) is 17.7 Å². The Hall–Kier alpha value is -2.01. The molecule has 5 nitrogen and oxygen atoms in total. The lowest BCUT2D eigenvalue weighted by Crippen LogP contribution is -2.22. The summed E-state index contributed by atoms with van der Waals surface area (Å²) in [4.78, 5) is 11.1. The molecule has 1 aliphatic heterocycles. The molecule has 2 atom stereocenters. The second-order valence-electron chi connectivity index (χ2n) is 3.83. The lowest BCUT2D eigenvalue weighted by Gasteiger charge is -2.20. The van der Waals surface area contributed by atoms with Crippen molar-refractivity contribution in [1.29, 1.82) is 0 Å². The number of methoxy groups -OCH3 is 2. The summed E-state index contributed by atoms with van der Waals surface area (Å²) in [5, 5.41) is 10.2. The van der Waals surface area contributed by atoms with Crippen LogP contribution in [-0.2, 0) is 14.3 Å². The van der Waals surface area contributed by atoms with Crippen LogP contribution in [0.15, 0.2) is 36.1 Å². The first-order valence-electron chi connectivity index (χ1n) is 5.44. The smallest absolute Gasteiger partial charge is 0.335 e. The Morgan fingerprint density at radius 1 is 1.22 bits per heavy atom. The number of hydrogen-bond donors (Lipinski definition) is 1. The fraction of sp³-hybridized carbons (Fsp3) is 0.308. The first kappa shape index (κ1) is 12.4. The van der Waals surface area contributed by atoms with Crippen LogP contribution in [0.1, 0.15) is 11.7 Å². The molecule has 0 bridgehead atoms. The van der Waals surface area contributed by atoms with Crippen LogP contribution in [0.25, 0.3) is 0 Å². The third-order valence-electron chi connectivity index (χ3n) is 2.76. The molecule has 0 radical (unpaired) electrons. The highest BCUT2D eigenvalue weighted by Gasteiger charge is 2.34. The number of cyclic esters (lactones) is 1. The summed E-state index contributed by atoms with van der Waals surface area (Å²) in [5.74, 6) is 0.504. The van der Waals surface area contributed by atoms with Crippen molar-refractivity contribution in [2.75, 3.05) is 14.2 Å². The number of ether oxygens (including phenoxy) is 3. The monoisotopic (exact) mass is 250 g/mol. The molecule has 2 rings (SSSR count). The Morgan fingerprint density at radius 2 is 1.89 bits per heavy atom. The third kappa shape index (κ3) is 2.31. The molecular formula is C13H14O5. The summed E-state index contributed by atoms with van der Waals surface area (Å²) in [5.41, 5.74) is 0.624. The van der Waals surface area contributed by atoms with Crippen molar-refractivity contribution >= 4 is 5.97 Å². The van der Waals surface area contributed by atoms with E-state index in [-0.39, 0.29) is 0 Å². The third-order valence-corrected chi connectivity index (χ3v) is 2.76. The summed E-state index contributed by atoms with van der Waals surface area (Å²) >= 11 is 0. The van der Waals surface area contributed by atoms with Gasteiger partial charge in [-0.3, -0.25) is 0 Å². The Balaban J connectivity index is 2.18. The Kier molecular flexibility index (Phi) is 3.53. The average molecular weight is 250 g/mol. The molecule has 0 saturated heterocycles. The van der Waals surface area contributed by atoms with E-state index in [4.69, 9.17) is 14.2 Å². The molecule has 5 heteroatoms. The number of aliphatic hydroxyl groups is 1. The SMILES string of the molecule is COC1=CC(=O)OC1C(O)c1ccc(OC)cc1. The Labute approximate surface area is 105 Å². The van der Waals surface area contributed by atoms with E-state index in [0.717, 1.165) is 0 Å². The second-order valence-corrected chi connectivity index (χ2v) is 3.83. The van der Waals surface area contributed by atoms with Crippen LogP contribution in [0.5, 0.6) is 5.75 Å². The predicted octanol–water partition coefficient (Wildman–Crippen LogP) is 1.18. The number of carbonyl (C=O) groups excluding carboxylic acids is 1. The van der Waals surface area contributed by atoms with Crippen LogP contribution in [0, 0.1) is 0 Å². The number of hydrogen-bond acceptors (Lipinski definition) is 5. The van der Waals surface area contributed by atoms with Crippen molar-refractivity contribution in [3.8, 4) is 5.75 Å². The fourth-order valence-corrected chi connectivity index (χ4v) is 1.79. The second kappa shape index (κ2) is 5.10. The Bertz CT molecular complexity index is 463. The van der Waals surface area contributed by atoms with E-state index in [0.29, 0.717) is 17.1 Å². The summed E-state index contributed by atoms with van der Waals surface area (Å²) in [6.07, 6.45) is -0.526. The molecule has 0 aliphatic carbocycles. The standard InChI is InChI=1S/C13H14O5/c1-16-9-5-3-8(4-6-9)12(15)13-10(17-2)7-11(14)18-13/h3-7,12-13,15H,1-2H3. The largest absolute Gasteiger partial charge is 0.497 e. The number of aliphatic hydroxyl groups excluding tert-OH is 1. The molecule has 0 spiro atoms. The van der Waals surface area contributed by atoms with E-state index in [2.05, 4.69) is 0 Å². The van der Waals surface area contributed by atoms with Gasteiger partial charge in [-0.2, -0.15) is 0 Å². The van der Waals surface area contributed by atoms with Crippen LogP contribution < -0.4 is 4.74 Å². The molecule has 0 aromatic heterocycles. The van der Waals surface area contributed by atoms with E-state index >= 15 is 0 Å².